The smallest absolute Gasteiger partial charge is 0.0351 e. The minimum atomic E-state index is 1.20. The molecule has 0 N–H and O–H groups in total. The van der Waals surface area contributed by atoms with Gasteiger partial charge in [0, 0.05) is 0 Å². The summed E-state index contributed by atoms with van der Waals surface area (Å²) >= 11 is 0. The molecule has 0 aromatic carbocycles. The summed E-state index contributed by atoms with van der Waals surface area (Å²) in [6.45, 7) is 6.06. The highest BCUT2D eigenvalue weighted by molar-refractivity contribution is 4.81. The van der Waals surface area contributed by atoms with Gasteiger partial charge in [-0.05, 0) is 38.5 Å². The Morgan fingerprint density at radius 1 is 0.500 bits per heavy atom. The van der Waals surface area contributed by atoms with Crippen molar-refractivity contribution in [1.29, 1.82) is 0 Å². The molecule has 0 atom stereocenters. The van der Waals surface area contributed by atoms with Crippen LogP contribution in [0.5, 0.6) is 0 Å². The van der Waals surface area contributed by atoms with Crippen molar-refractivity contribution in [1.82, 2.24) is 0 Å². The monoisotopic (exact) mass is 306 g/mol. The van der Waals surface area contributed by atoms with E-state index >= 15 is 0 Å². The number of allylic oxidation sites excluding steroid dienone is 3. The van der Waals surface area contributed by atoms with Crippen molar-refractivity contribution >= 4 is 0 Å². The van der Waals surface area contributed by atoms with Gasteiger partial charge in [0.15, 0.2) is 0 Å². The fraction of sp³-hybridized carbons (Fsp3) is 0.818. The zero-order valence-corrected chi connectivity index (χ0v) is 15.5. The van der Waals surface area contributed by atoms with Gasteiger partial charge in [0.2, 0.25) is 0 Å². The molecular formula is C22H42. The Morgan fingerprint density at radius 2 is 0.864 bits per heavy atom. The summed E-state index contributed by atoms with van der Waals surface area (Å²) in [5.74, 6) is 0. The quantitative estimate of drug-likeness (QED) is 0.176. The van der Waals surface area contributed by atoms with Crippen molar-refractivity contribution in [2.75, 3.05) is 0 Å². The molecule has 0 aromatic heterocycles. The second-order valence-electron chi connectivity index (χ2n) is 6.72. The van der Waals surface area contributed by atoms with Crippen LogP contribution in [0.2, 0.25) is 0 Å². The minimum absolute atomic E-state index is 1.20. The zero-order valence-electron chi connectivity index (χ0n) is 15.5. The maximum absolute atomic E-state index is 3.77. The lowest BCUT2D eigenvalue weighted by Crippen LogP contribution is -1.80. The fourth-order valence-corrected chi connectivity index (χ4v) is 2.89. The second kappa shape index (κ2) is 20.5. The molecule has 0 saturated heterocycles. The number of rotatable bonds is 18. The van der Waals surface area contributed by atoms with Crippen LogP contribution < -0.4 is 0 Å². The van der Waals surface area contributed by atoms with E-state index in [2.05, 4.69) is 25.7 Å². The standard InChI is InChI=1S/C22H42/c1-3-5-7-9-11-13-15-17-19-21-22-20-18-16-14-12-10-8-6-4-2/h3,21-22H,1,4-20H2,2H3. The maximum Gasteiger partial charge on any atom is -0.0351 e. The molecule has 0 aliphatic carbocycles. The molecule has 0 nitrogen and oxygen atoms in total. The molecule has 0 amide bonds. The highest BCUT2D eigenvalue weighted by Gasteiger charge is 1.91. The third kappa shape index (κ3) is 19.5. The number of hydrogen-bond acceptors (Lipinski definition) is 0. The van der Waals surface area contributed by atoms with E-state index in [4.69, 9.17) is 0 Å². The first kappa shape index (κ1) is 21.5. The zero-order chi connectivity index (χ0) is 16.1. The SMILES string of the molecule is C=CCCCCCCCCC=CCCCCCCCCCC. The van der Waals surface area contributed by atoms with Crippen molar-refractivity contribution in [3.8, 4) is 0 Å². The van der Waals surface area contributed by atoms with E-state index in [-0.39, 0.29) is 0 Å². The van der Waals surface area contributed by atoms with E-state index in [1.165, 1.54) is 109 Å². The summed E-state index contributed by atoms with van der Waals surface area (Å²) in [7, 11) is 0. The summed E-state index contributed by atoms with van der Waals surface area (Å²) < 4.78 is 0. The predicted molar refractivity (Wildman–Crippen MR) is 104 cm³/mol. The first-order valence-corrected chi connectivity index (χ1v) is 10.2. The normalized spacial score (nSPS) is 11.3. The Morgan fingerprint density at radius 3 is 1.27 bits per heavy atom. The average molecular weight is 307 g/mol. The van der Waals surface area contributed by atoms with Crippen molar-refractivity contribution in [2.45, 2.75) is 116 Å². The fourth-order valence-electron chi connectivity index (χ4n) is 2.89. The molecule has 0 rings (SSSR count). The summed E-state index contributed by atoms with van der Waals surface area (Å²) in [6.07, 6.45) is 30.4. The summed E-state index contributed by atoms with van der Waals surface area (Å²) in [5, 5.41) is 0. The lowest BCUT2D eigenvalue weighted by molar-refractivity contribution is 0.577. The van der Waals surface area contributed by atoms with E-state index in [1.54, 1.807) is 0 Å². The molecule has 0 heterocycles. The third-order valence-electron chi connectivity index (χ3n) is 4.42. The molecule has 0 spiro atoms. The first-order valence-electron chi connectivity index (χ1n) is 10.2. The van der Waals surface area contributed by atoms with Crippen LogP contribution in [0.25, 0.3) is 0 Å². The van der Waals surface area contributed by atoms with Gasteiger partial charge < -0.3 is 0 Å². The Bertz CT molecular complexity index is 226. The number of hydrogen-bond donors (Lipinski definition) is 0. The van der Waals surface area contributed by atoms with Crippen molar-refractivity contribution in [2.24, 2.45) is 0 Å². The van der Waals surface area contributed by atoms with Crippen LogP contribution in [0, 0.1) is 0 Å². The van der Waals surface area contributed by atoms with Crippen LogP contribution in [0.3, 0.4) is 0 Å². The maximum atomic E-state index is 3.77. The highest BCUT2D eigenvalue weighted by Crippen LogP contribution is 2.11. The first-order chi connectivity index (χ1) is 10.9. The molecule has 22 heavy (non-hydrogen) atoms. The van der Waals surface area contributed by atoms with Gasteiger partial charge in [-0.1, -0.05) is 95.8 Å². The van der Waals surface area contributed by atoms with E-state index < -0.39 is 0 Å². The Labute approximate surface area is 141 Å². The van der Waals surface area contributed by atoms with Gasteiger partial charge in [-0.25, -0.2) is 0 Å². The molecule has 0 radical (unpaired) electrons. The topological polar surface area (TPSA) is 0 Å². The van der Waals surface area contributed by atoms with Crippen LogP contribution >= 0.6 is 0 Å². The molecular weight excluding hydrogens is 264 g/mol. The summed E-state index contributed by atoms with van der Waals surface area (Å²) in [5.41, 5.74) is 0. The Hall–Kier alpha value is -0.520. The lowest BCUT2D eigenvalue weighted by atomic mass is 10.1. The molecule has 0 bridgehead atoms. The van der Waals surface area contributed by atoms with Gasteiger partial charge in [0.05, 0.1) is 0 Å². The van der Waals surface area contributed by atoms with Gasteiger partial charge >= 0.3 is 0 Å². The Kier molecular flexibility index (Phi) is 20.0. The highest BCUT2D eigenvalue weighted by atomic mass is 14.0. The van der Waals surface area contributed by atoms with Gasteiger partial charge in [-0.15, -0.1) is 6.58 Å². The molecule has 0 aromatic rings. The third-order valence-corrected chi connectivity index (χ3v) is 4.42. The Balaban J connectivity index is 3.04. The largest absolute Gasteiger partial charge is 0.103 e. The van der Waals surface area contributed by atoms with Gasteiger partial charge in [0.25, 0.3) is 0 Å². The lowest BCUT2D eigenvalue weighted by Gasteiger charge is -2.00. The predicted octanol–water partition coefficient (Wildman–Crippen LogP) is 8.38. The molecule has 0 aliphatic heterocycles. The minimum Gasteiger partial charge on any atom is -0.103 e. The van der Waals surface area contributed by atoms with Gasteiger partial charge in [0.1, 0.15) is 0 Å². The van der Waals surface area contributed by atoms with Crippen LogP contribution in [0.1, 0.15) is 116 Å². The summed E-state index contributed by atoms with van der Waals surface area (Å²) in [4.78, 5) is 0. The summed E-state index contributed by atoms with van der Waals surface area (Å²) in [6, 6.07) is 0. The van der Waals surface area contributed by atoms with Gasteiger partial charge in [-0.2, -0.15) is 0 Å². The number of unbranched alkanes of at least 4 members (excludes halogenated alkanes) is 15. The molecule has 0 heteroatoms. The molecule has 0 fully saturated rings. The van der Waals surface area contributed by atoms with E-state index in [9.17, 15) is 0 Å². The molecule has 0 aliphatic rings. The van der Waals surface area contributed by atoms with E-state index in [0.717, 1.165) is 0 Å². The van der Waals surface area contributed by atoms with Crippen LogP contribution in [0.15, 0.2) is 24.8 Å². The van der Waals surface area contributed by atoms with Crippen LogP contribution in [-0.2, 0) is 0 Å². The molecule has 130 valence electrons. The van der Waals surface area contributed by atoms with Gasteiger partial charge in [-0.3, -0.25) is 0 Å². The van der Waals surface area contributed by atoms with Crippen LogP contribution in [-0.4, -0.2) is 0 Å². The molecule has 0 saturated carbocycles. The average Bonchev–Trinajstić information content (AvgIpc) is 2.54. The second-order valence-corrected chi connectivity index (χ2v) is 6.72. The molecule has 0 unspecified atom stereocenters. The van der Waals surface area contributed by atoms with E-state index in [1.807, 2.05) is 6.08 Å². The van der Waals surface area contributed by atoms with Crippen molar-refractivity contribution in [3.05, 3.63) is 24.8 Å². The van der Waals surface area contributed by atoms with Crippen LogP contribution in [0.4, 0.5) is 0 Å². The van der Waals surface area contributed by atoms with E-state index in [0.29, 0.717) is 0 Å². The van der Waals surface area contributed by atoms with Crippen molar-refractivity contribution in [3.63, 3.8) is 0 Å². The van der Waals surface area contributed by atoms with Crippen molar-refractivity contribution < 1.29 is 0 Å².